The minimum absolute atomic E-state index is 0.0313. The SMILES string of the molecule is Cc1ccc2c(c1)NC(SCC(=O)N1CCC(C)CC1)=NS2(=O)=O. The van der Waals surface area contributed by atoms with Crippen molar-refractivity contribution in [3.05, 3.63) is 23.8 Å². The number of rotatable bonds is 2. The van der Waals surface area contributed by atoms with Crippen LogP contribution in [0.2, 0.25) is 0 Å². The van der Waals surface area contributed by atoms with Crippen LogP contribution in [0.3, 0.4) is 0 Å². The predicted molar refractivity (Wildman–Crippen MR) is 96.9 cm³/mol. The molecule has 0 aliphatic carbocycles. The standard InChI is InChI=1S/C16H21N3O3S2/c1-11-5-7-19(8-6-11)15(20)10-23-16-17-13-9-12(2)3-4-14(13)24(21,22)18-16/h3-4,9,11H,5-8,10H2,1-2H3,(H,17,18). The number of sulfonamides is 1. The highest BCUT2D eigenvalue weighted by Crippen LogP contribution is 2.30. The van der Waals surface area contributed by atoms with Gasteiger partial charge in [-0.05, 0) is 43.4 Å². The molecule has 0 aromatic heterocycles. The first-order valence-corrected chi connectivity index (χ1v) is 10.4. The molecule has 0 unspecified atom stereocenters. The summed E-state index contributed by atoms with van der Waals surface area (Å²) in [6, 6.07) is 5.07. The molecule has 0 radical (unpaired) electrons. The quantitative estimate of drug-likeness (QED) is 0.869. The Balaban J connectivity index is 1.66. The van der Waals surface area contributed by atoms with Crippen LogP contribution in [-0.2, 0) is 14.8 Å². The van der Waals surface area contributed by atoms with Crippen molar-refractivity contribution in [1.29, 1.82) is 0 Å². The second-order valence-electron chi connectivity index (χ2n) is 6.35. The number of thioether (sulfide) groups is 1. The number of nitrogens with one attached hydrogen (secondary N) is 1. The smallest absolute Gasteiger partial charge is 0.286 e. The van der Waals surface area contributed by atoms with Crippen molar-refractivity contribution in [3.63, 3.8) is 0 Å². The van der Waals surface area contributed by atoms with Crippen molar-refractivity contribution >= 4 is 38.5 Å². The van der Waals surface area contributed by atoms with Crippen molar-refractivity contribution in [2.75, 3.05) is 24.2 Å². The third-order valence-corrected chi connectivity index (χ3v) is 6.63. The molecule has 1 N–H and O–H groups in total. The molecule has 1 amide bonds. The topological polar surface area (TPSA) is 78.8 Å². The van der Waals surface area contributed by atoms with Crippen LogP contribution in [0.1, 0.15) is 25.3 Å². The van der Waals surface area contributed by atoms with Crippen molar-refractivity contribution in [3.8, 4) is 0 Å². The van der Waals surface area contributed by atoms with Crippen molar-refractivity contribution in [2.24, 2.45) is 10.3 Å². The summed E-state index contributed by atoms with van der Waals surface area (Å²) in [6.45, 7) is 5.65. The van der Waals surface area contributed by atoms with E-state index in [9.17, 15) is 13.2 Å². The van der Waals surface area contributed by atoms with E-state index in [-0.39, 0.29) is 21.7 Å². The first kappa shape index (κ1) is 17.3. The van der Waals surface area contributed by atoms with E-state index in [0.717, 1.165) is 43.3 Å². The Morgan fingerprint density at radius 1 is 1.38 bits per heavy atom. The summed E-state index contributed by atoms with van der Waals surface area (Å²) in [5.41, 5.74) is 1.48. The molecule has 3 rings (SSSR count). The fourth-order valence-corrected chi connectivity index (χ4v) is 4.92. The summed E-state index contributed by atoms with van der Waals surface area (Å²) in [4.78, 5) is 14.3. The Labute approximate surface area is 146 Å². The number of amides is 1. The molecular formula is C16H21N3O3S2. The van der Waals surface area contributed by atoms with E-state index in [2.05, 4.69) is 16.6 Å². The fourth-order valence-electron chi connectivity index (χ4n) is 2.80. The van der Waals surface area contributed by atoms with Gasteiger partial charge in [-0.15, -0.1) is 4.40 Å². The number of likely N-dealkylation sites (tertiary alicyclic amines) is 1. The number of carbonyl (C=O) groups is 1. The van der Waals surface area contributed by atoms with E-state index in [4.69, 9.17) is 0 Å². The maximum Gasteiger partial charge on any atom is 0.286 e. The van der Waals surface area contributed by atoms with Crippen LogP contribution in [0, 0.1) is 12.8 Å². The summed E-state index contributed by atoms with van der Waals surface area (Å²) >= 11 is 1.14. The maximum absolute atomic E-state index is 12.3. The minimum Gasteiger partial charge on any atom is -0.342 e. The predicted octanol–water partition coefficient (Wildman–Crippen LogP) is 2.46. The largest absolute Gasteiger partial charge is 0.342 e. The van der Waals surface area contributed by atoms with Crippen LogP contribution in [0.15, 0.2) is 27.5 Å². The van der Waals surface area contributed by atoms with Crippen LogP contribution >= 0.6 is 11.8 Å². The van der Waals surface area contributed by atoms with Crippen LogP contribution in [0.4, 0.5) is 5.69 Å². The normalized spacial score (nSPS) is 20.1. The number of amidine groups is 1. The molecule has 6 nitrogen and oxygen atoms in total. The summed E-state index contributed by atoms with van der Waals surface area (Å²) in [6.07, 6.45) is 2.05. The Kier molecular flexibility index (Phi) is 4.87. The second kappa shape index (κ2) is 6.76. The Morgan fingerprint density at radius 3 is 2.79 bits per heavy atom. The molecule has 1 saturated heterocycles. The summed E-state index contributed by atoms with van der Waals surface area (Å²) in [5, 5.41) is 3.28. The van der Waals surface area contributed by atoms with E-state index in [0.29, 0.717) is 11.6 Å². The van der Waals surface area contributed by atoms with Crippen LogP contribution in [0.25, 0.3) is 0 Å². The molecule has 2 heterocycles. The van der Waals surface area contributed by atoms with E-state index in [1.807, 2.05) is 11.8 Å². The van der Waals surface area contributed by atoms with Crippen molar-refractivity contribution in [1.82, 2.24) is 4.90 Å². The lowest BCUT2D eigenvalue weighted by molar-refractivity contribution is -0.129. The van der Waals surface area contributed by atoms with Gasteiger partial charge < -0.3 is 10.2 Å². The lowest BCUT2D eigenvalue weighted by Crippen LogP contribution is -2.39. The van der Waals surface area contributed by atoms with E-state index in [1.165, 1.54) is 0 Å². The third kappa shape index (κ3) is 3.75. The number of benzene rings is 1. The Bertz CT molecular complexity index is 782. The fraction of sp³-hybridized carbons (Fsp3) is 0.500. The zero-order chi connectivity index (χ0) is 17.3. The molecule has 0 atom stereocenters. The van der Waals surface area contributed by atoms with Crippen LogP contribution < -0.4 is 5.32 Å². The molecule has 0 saturated carbocycles. The molecule has 1 fully saturated rings. The van der Waals surface area contributed by atoms with E-state index in [1.54, 1.807) is 18.2 Å². The van der Waals surface area contributed by atoms with Gasteiger partial charge in [-0.25, -0.2) is 0 Å². The van der Waals surface area contributed by atoms with Crippen LogP contribution in [-0.4, -0.2) is 43.2 Å². The van der Waals surface area contributed by atoms with Gasteiger partial charge >= 0.3 is 0 Å². The highest BCUT2D eigenvalue weighted by atomic mass is 32.2. The number of nitrogens with zero attached hydrogens (tertiary/aromatic N) is 2. The number of fused-ring (bicyclic) bond motifs is 1. The molecule has 1 aromatic rings. The number of anilines is 1. The molecule has 0 spiro atoms. The Morgan fingerprint density at radius 2 is 2.08 bits per heavy atom. The highest BCUT2D eigenvalue weighted by Gasteiger charge is 2.26. The monoisotopic (exact) mass is 367 g/mol. The second-order valence-corrected chi connectivity index (χ2v) is 8.88. The van der Waals surface area contributed by atoms with Gasteiger partial charge in [0.2, 0.25) is 5.91 Å². The molecule has 24 heavy (non-hydrogen) atoms. The van der Waals surface area contributed by atoms with E-state index >= 15 is 0 Å². The summed E-state index contributed by atoms with van der Waals surface area (Å²) in [5.74, 6) is 0.886. The van der Waals surface area contributed by atoms with Gasteiger partial charge in [0.1, 0.15) is 4.90 Å². The lowest BCUT2D eigenvalue weighted by Gasteiger charge is -2.30. The Hall–Kier alpha value is -1.54. The van der Waals surface area contributed by atoms with Gasteiger partial charge in [-0.1, -0.05) is 24.8 Å². The first-order chi connectivity index (χ1) is 11.3. The van der Waals surface area contributed by atoms with Gasteiger partial charge in [-0.3, -0.25) is 4.79 Å². The number of aryl methyl sites for hydroxylation is 1. The molecule has 2 aliphatic rings. The zero-order valence-electron chi connectivity index (χ0n) is 13.8. The molecule has 130 valence electrons. The highest BCUT2D eigenvalue weighted by molar-refractivity contribution is 8.15. The lowest BCUT2D eigenvalue weighted by atomic mass is 9.99. The third-order valence-electron chi connectivity index (χ3n) is 4.33. The first-order valence-electron chi connectivity index (χ1n) is 7.98. The van der Waals surface area contributed by atoms with E-state index < -0.39 is 10.0 Å². The number of carbonyl (C=O) groups excluding carboxylic acids is 1. The molecular weight excluding hydrogens is 346 g/mol. The number of hydrogen-bond acceptors (Lipinski definition) is 5. The average molecular weight is 367 g/mol. The zero-order valence-corrected chi connectivity index (χ0v) is 15.4. The van der Waals surface area contributed by atoms with Crippen LogP contribution in [0.5, 0.6) is 0 Å². The molecule has 0 bridgehead atoms. The van der Waals surface area contributed by atoms with Crippen molar-refractivity contribution < 1.29 is 13.2 Å². The number of hydrogen-bond donors (Lipinski definition) is 1. The molecule has 2 aliphatic heterocycles. The van der Waals surface area contributed by atoms with Gasteiger partial charge in [-0.2, -0.15) is 8.42 Å². The minimum atomic E-state index is -3.71. The van der Waals surface area contributed by atoms with Gasteiger partial charge in [0.05, 0.1) is 11.4 Å². The maximum atomic E-state index is 12.3. The average Bonchev–Trinajstić information content (AvgIpc) is 2.52. The molecule has 8 heteroatoms. The van der Waals surface area contributed by atoms with Gasteiger partial charge in [0, 0.05) is 13.1 Å². The van der Waals surface area contributed by atoms with Crippen molar-refractivity contribution in [2.45, 2.75) is 31.6 Å². The van der Waals surface area contributed by atoms with Gasteiger partial charge in [0.15, 0.2) is 5.17 Å². The summed E-state index contributed by atoms with van der Waals surface area (Å²) < 4.78 is 28.3. The van der Waals surface area contributed by atoms with Gasteiger partial charge in [0.25, 0.3) is 10.0 Å². The summed E-state index contributed by atoms with van der Waals surface area (Å²) in [7, 11) is -3.71. The molecule has 1 aromatic carbocycles. The number of piperidine rings is 1.